The quantitative estimate of drug-likeness (QED) is 0.486. The van der Waals surface area contributed by atoms with Gasteiger partial charge in [-0.05, 0) is 56.6 Å². The molecule has 0 amide bonds. The first-order valence-corrected chi connectivity index (χ1v) is 8.74. The molecule has 2 N–H and O–H groups in total. The third-order valence-corrected chi connectivity index (χ3v) is 4.28. The highest BCUT2D eigenvalue weighted by Gasteiger charge is 2.23. The monoisotopic (exact) mass is 305 g/mol. The van der Waals surface area contributed by atoms with Crippen LogP contribution >= 0.6 is 0 Å². The zero-order chi connectivity index (χ0) is 15.8. The molecule has 1 aliphatic rings. The summed E-state index contributed by atoms with van der Waals surface area (Å²) in [4.78, 5) is 9.68. The van der Waals surface area contributed by atoms with Crippen LogP contribution in [0.1, 0.15) is 68.8 Å². The topological polar surface area (TPSA) is 46.2 Å². The van der Waals surface area contributed by atoms with Gasteiger partial charge < -0.3 is 10.2 Å². The molecular formula is C18H31N3O. The van der Waals surface area contributed by atoms with Gasteiger partial charge in [-0.3, -0.25) is 4.98 Å². The maximum absolute atomic E-state index is 4.91. The Kier molecular flexibility index (Phi) is 7.30. The first kappa shape index (κ1) is 17.4. The van der Waals surface area contributed by atoms with Gasteiger partial charge in [0.25, 0.3) is 0 Å². The van der Waals surface area contributed by atoms with Crippen LogP contribution in [0.5, 0.6) is 0 Å². The van der Waals surface area contributed by atoms with Crippen LogP contribution in [0.2, 0.25) is 0 Å². The van der Waals surface area contributed by atoms with Crippen molar-refractivity contribution in [3.63, 3.8) is 0 Å². The Morgan fingerprint density at radius 2 is 2.14 bits per heavy atom. The average Bonchev–Trinajstić information content (AvgIpc) is 3.34. The second-order valence-electron chi connectivity index (χ2n) is 6.34. The van der Waals surface area contributed by atoms with Gasteiger partial charge in [-0.25, -0.2) is 5.48 Å². The molecule has 0 bridgehead atoms. The van der Waals surface area contributed by atoms with E-state index in [9.17, 15) is 0 Å². The first-order valence-electron chi connectivity index (χ1n) is 8.74. The summed E-state index contributed by atoms with van der Waals surface area (Å²) in [6, 6.07) is 3.49. The number of pyridine rings is 1. The normalized spacial score (nSPS) is 16.0. The molecule has 1 aromatic rings. The van der Waals surface area contributed by atoms with Crippen molar-refractivity contribution in [1.82, 2.24) is 15.8 Å². The first-order chi connectivity index (χ1) is 10.7. The van der Waals surface area contributed by atoms with Crippen molar-refractivity contribution < 1.29 is 4.84 Å². The van der Waals surface area contributed by atoms with Crippen molar-refractivity contribution in [3.05, 3.63) is 29.1 Å². The Labute approximate surface area is 135 Å². The van der Waals surface area contributed by atoms with E-state index in [4.69, 9.17) is 9.82 Å². The number of hydrogen-bond donors (Lipinski definition) is 2. The standard InChI is InChI=1S/C18H31N3O/c1-4-5-8-18-15(7-6-11-20-22-3)12-16(13-19-18)14(2)21-17-9-10-17/h12-14,17,20-21H,4-11H2,1-3H3. The van der Waals surface area contributed by atoms with Crippen molar-refractivity contribution in [3.8, 4) is 0 Å². The van der Waals surface area contributed by atoms with E-state index >= 15 is 0 Å². The highest BCUT2D eigenvalue weighted by molar-refractivity contribution is 5.28. The number of unbranched alkanes of at least 4 members (excludes halogenated alkanes) is 1. The molecule has 0 saturated heterocycles. The van der Waals surface area contributed by atoms with E-state index in [2.05, 4.69) is 36.9 Å². The number of aromatic nitrogens is 1. The maximum Gasteiger partial charge on any atom is 0.0572 e. The summed E-state index contributed by atoms with van der Waals surface area (Å²) in [6.45, 7) is 5.36. The highest BCUT2D eigenvalue weighted by Crippen LogP contribution is 2.25. The summed E-state index contributed by atoms with van der Waals surface area (Å²) in [7, 11) is 1.67. The van der Waals surface area contributed by atoms with Crippen LogP contribution in [0.3, 0.4) is 0 Å². The van der Waals surface area contributed by atoms with Crippen LogP contribution in [0.25, 0.3) is 0 Å². The van der Waals surface area contributed by atoms with Gasteiger partial charge in [-0.1, -0.05) is 19.4 Å². The van der Waals surface area contributed by atoms with Crippen molar-refractivity contribution in [2.24, 2.45) is 0 Å². The molecule has 22 heavy (non-hydrogen) atoms. The van der Waals surface area contributed by atoms with Crippen LogP contribution in [-0.2, 0) is 17.7 Å². The Morgan fingerprint density at radius 3 is 2.82 bits per heavy atom. The Hall–Kier alpha value is -0.970. The summed E-state index contributed by atoms with van der Waals surface area (Å²) in [6.07, 6.45) is 10.4. The van der Waals surface area contributed by atoms with Gasteiger partial charge in [-0.2, -0.15) is 0 Å². The fourth-order valence-corrected chi connectivity index (χ4v) is 2.73. The lowest BCUT2D eigenvalue weighted by atomic mass is 10.00. The van der Waals surface area contributed by atoms with E-state index in [0.29, 0.717) is 6.04 Å². The Morgan fingerprint density at radius 1 is 1.32 bits per heavy atom. The molecule has 124 valence electrons. The molecule has 0 aliphatic heterocycles. The van der Waals surface area contributed by atoms with Crippen molar-refractivity contribution in [2.45, 2.75) is 70.9 Å². The summed E-state index contributed by atoms with van der Waals surface area (Å²) in [5.41, 5.74) is 6.93. The van der Waals surface area contributed by atoms with E-state index in [-0.39, 0.29) is 0 Å². The van der Waals surface area contributed by atoms with Crippen LogP contribution in [0.15, 0.2) is 12.3 Å². The molecule has 0 aromatic carbocycles. The van der Waals surface area contributed by atoms with Crippen LogP contribution in [0.4, 0.5) is 0 Å². The van der Waals surface area contributed by atoms with Gasteiger partial charge in [0.2, 0.25) is 0 Å². The smallest absolute Gasteiger partial charge is 0.0572 e. The fourth-order valence-electron chi connectivity index (χ4n) is 2.73. The summed E-state index contributed by atoms with van der Waals surface area (Å²) in [5, 5.41) is 3.66. The molecule has 0 spiro atoms. The lowest BCUT2D eigenvalue weighted by Gasteiger charge is -2.16. The summed E-state index contributed by atoms with van der Waals surface area (Å²) < 4.78 is 0. The largest absolute Gasteiger partial charge is 0.307 e. The molecule has 1 aliphatic carbocycles. The SMILES string of the molecule is CCCCc1ncc(C(C)NC2CC2)cc1CCCNOC. The number of rotatable bonds is 11. The molecule has 1 heterocycles. The number of nitrogens with zero attached hydrogens (tertiary/aromatic N) is 1. The third kappa shape index (κ3) is 5.67. The molecule has 0 radical (unpaired) electrons. The summed E-state index contributed by atoms with van der Waals surface area (Å²) >= 11 is 0. The molecular weight excluding hydrogens is 274 g/mol. The van der Waals surface area contributed by atoms with E-state index in [1.54, 1.807) is 7.11 Å². The van der Waals surface area contributed by atoms with Crippen LogP contribution in [-0.4, -0.2) is 24.7 Å². The number of hydroxylamine groups is 1. The van der Waals surface area contributed by atoms with Gasteiger partial charge in [0.1, 0.15) is 0 Å². The van der Waals surface area contributed by atoms with Gasteiger partial charge >= 0.3 is 0 Å². The van der Waals surface area contributed by atoms with Gasteiger partial charge in [-0.15, -0.1) is 0 Å². The Bertz CT molecular complexity index is 446. The predicted molar refractivity (Wildman–Crippen MR) is 90.8 cm³/mol. The van der Waals surface area contributed by atoms with Gasteiger partial charge in [0.05, 0.1) is 7.11 Å². The molecule has 4 nitrogen and oxygen atoms in total. The molecule has 1 aromatic heterocycles. The highest BCUT2D eigenvalue weighted by atomic mass is 16.6. The zero-order valence-electron chi connectivity index (χ0n) is 14.3. The fraction of sp³-hybridized carbons (Fsp3) is 0.722. The minimum Gasteiger partial charge on any atom is -0.307 e. The van der Waals surface area contributed by atoms with Gasteiger partial charge in [0.15, 0.2) is 0 Å². The lowest BCUT2D eigenvalue weighted by Crippen LogP contribution is -2.21. The van der Waals surface area contributed by atoms with Crippen molar-refractivity contribution in [1.29, 1.82) is 0 Å². The minimum atomic E-state index is 0.399. The van der Waals surface area contributed by atoms with Gasteiger partial charge in [0, 0.05) is 30.5 Å². The lowest BCUT2D eigenvalue weighted by molar-refractivity contribution is 0.0911. The number of nitrogens with one attached hydrogen (secondary N) is 2. The molecule has 2 rings (SSSR count). The van der Waals surface area contributed by atoms with E-state index < -0.39 is 0 Å². The average molecular weight is 305 g/mol. The van der Waals surface area contributed by atoms with Crippen LogP contribution < -0.4 is 10.8 Å². The van der Waals surface area contributed by atoms with Crippen molar-refractivity contribution in [2.75, 3.05) is 13.7 Å². The number of hydrogen-bond acceptors (Lipinski definition) is 4. The Balaban J connectivity index is 2.01. The third-order valence-electron chi connectivity index (χ3n) is 4.28. The minimum absolute atomic E-state index is 0.399. The molecule has 1 saturated carbocycles. The zero-order valence-corrected chi connectivity index (χ0v) is 14.3. The van der Waals surface area contributed by atoms with Crippen LogP contribution in [0, 0.1) is 0 Å². The second kappa shape index (κ2) is 9.23. The van der Waals surface area contributed by atoms with E-state index in [1.165, 1.54) is 42.5 Å². The second-order valence-corrected chi connectivity index (χ2v) is 6.34. The number of aryl methyl sites for hydroxylation is 2. The molecule has 1 fully saturated rings. The molecule has 1 unspecified atom stereocenters. The molecule has 4 heteroatoms. The molecule has 1 atom stereocenters. The summed E-state index contributed by atoms with van der Waals surface area (Å²) in [5.74, 6) is 0. The van der Waals surface area contributed by atoms with Crippen molar-refractivity contribution >= 4 is 0 Å². The maximum atomic E-state index is 4.91. The van der Waals surface area contributed by atoms with E-state index in [0.717, 1.165) is 31.8 Å². The predicted octanol–water partition coefficient (Wildman–Crippen LogP) is 3.32. The van der Waals surface area contributed by atoms with E-state index in [1.807, 2.05) is 0 Å².